The molecule has 0 spiro atoms. The van der Waals surface area contributed by atoms with Gasteiger partial charge in [0.2, 0.25) is 11.9 Å². The van der Waals surface area contributed by atoms with E-state index in [4.69, 9.17) is 0 Å². The fourth-order valence-electron chi connectivity index (χ4n) is 3.21. The molecule has 6 nitrogen and oxygen atoms in total. The van der Waals surface area contributed by atoms with Crippen molar-refractivity contribution in [3.8, 4) is 0 Å². The fourth-order valence-corrected chi connectivity index (χ4v) is 3.21. The van der Waals surface area contributed by atoms with Gasteiger partial charge in [-0.1, -0.05) is 43.7 Å². The summed E-state index contributed by atoms with van der Waals surface area (Å²) in [5.74, 6) is 0.868. The van der Waals surface area contributed by atoms with E-state index >= 15 is 0 Å². The first-order valence-corrected chi connectivity index (χ1v) is 9.41. The van der Waals surface area contributed by atoms with Gasteiger partial charge in [0.15, 0.2) is 0 Å². The van der Waals surface area contributed by atoms with Crippen molar-refractivity contribution in [2.24, 2.45) is 0 Å². The number of amides is 1. The second-order valence-electron chi connectivity index (χ2n) is 6.74. The van der Waals surface area contributed by atoms with Gasteiger partial charge in [-0.05, 0) is 25.3 Å². The largest absolute Gasteiger partial charge is 0.339 e. The van der Waals surface area contributed by atoms with Crippen molar-refractivity contribution < 1.29 is 4.79 Å². The maximum Gasteiger partial charge on any atom is 0.245 e. The molecule has 0 saturated carbocycles. The number of aryl methyl sites for hydroxylation is 3. The Hall–Kier alpha value is -2.50. The maximum absolute atomic E-state index is 12.5. The summed E-state index contributed by atoms with van der Waals surface area (Å²) in [6.07, 6.45) is 2.18. The summed E-state index contributed by atoms with van der Waals surface area (Å²) in [4.78, 5) is 21.3. The summed E-state index contributed by atoms with van der Waals surface area (Å²) >= 11 is 0. The molecule has 3 rings (SSSR count). The third kappa shape index (κ3) is 4.18. The Labute approximate surface area is 155 Å². The second kappa shape index (κ2) is 8.25. The van der Waals surface area contributed by atoms with Crippen LogP contribution in [0.25, 0.3) is 0 Å². The van der Waals surface area contributed by atoms with Crippen LogP contribution < -0.4 is 4.90 Å². The highest BCUT2D eigenvalue weighted by molar-refractivity contribution is 5.79. The lowest BCUT2D eigenvalue weighted by atomic mass is 10.1. The zero-order chi connectivity index (χ0) is 18.5. The summed E-state index contributed by atoms with van der Waals surface area (Å²) in [5.41, 5.74) is 4.28. The van der Waals surface area contributed by atoms with E-state index in [2.05, 4.69) is 53.0 Å². The molecule has 26 heavy (non-hydrogen) atoms. The zero-order valence-electron chi connectivity index (χ0n) is 15.9. The Morgan fingerprint density at radius 1 is 0.962 bits per heavy atom. The molecule has 0 aliphatic carbocycles. The Bertz CT molecular complexity index is 751. The summed E-state index contributed by atoms with van der Waals surface area (Å²) in [5, 5.41) is 8.61. The molecule has 0 bridgehead atoms. The Kier molecular flexibility index (Phi) is 5.81. The van der Waals surface area contributed by atoms with Crippen molar-refractivity contribution in [3.05, 3.63) is 46.8 Å². The molecular weight excluding hydrogens is 326 g/mol. The van der Waals surface area contributed by atoms with Crippen LogP contribution in [0.15, 0.2) is 24.3 Å². The standard InChI is InChI=1S/C20H27N5O/c1-4-17-18(5-2)22-23-20(21-17)25-12-10-24(11-13-25)19(26)14-16-8-6-15(3)7-9-16/h6-9H,4-5,10-14H2,1-3H3. The number of benzene rings is 1. The summed E-state index contributed by atoms with van der Waals surface area (Å²) in [6.45, 7) is 9.11. The summed E-state index contributed by atoms with van der Waals surface area (Å²) < 4.78 is 0. The van der Waals surface area contributed by atoms with E-state index in [1.807, 2.05) is 17.0 Å². The average Bonchev–Trinajstić information content (AvgIpc) is 2.69. The van der Waals surface area contributed by atoms with E-state index in [9.17, 15) is 4.79 Å². The van der Waals surface area contributed by atoms with Crippen LogP contribution in [0, 0.1) is 6.92 Å². The fraction of sp³-hybridized carbons (Fsp3) is 0.500. The van der Waals surface area contributed by atoms with Crippen LogP contribution in [0.3, 0.4) is 0 Å². The van der Waals surface area contributed by atoms with Crippen molar-refractivity contribution in [2.45, 2.75) is 40.0 Å². The number of carbonyl (C=O) groups is 1. The second-order valence-corrected chi connectivity index (χ2v) is 6.74. The van der Waals surface area contributed by atoms with Crippen molar-refractivity contribution in [3.63, 3.8) is 0 Å². The summed E-state index contributed by atoms with van der Waals surface area (Å²) in [6, 6.07) is 8.17. The number of aromatic nitrogens is 3. The molecule has 1 amide bonds. The van der Waals surface area contributed by atoms with Gasteiger partial charge in [-0.3, -0.25) is 4.79 Å². The van der Waals surface area contributed by atoms with E-state index in [-0.39, 0.29) is 5.91 Å². The Balaban J connectivity index is 1.58. The van der Waals surface area contributed by atoms with Gasteiger partial charge in [-0.2, -0.15) is 5.10 Å². The maximum atomic E-state index is 12.5. The first-order chi connectivity index (χ1) is 12.6. The third-order valence-corrected chi connectivity index (χ3v) is 4.89. The molecular formula is C20H27N5O. The van der Waals surface area contributed by atoms with Crippen LogP contribution in [0.4, 0.5) is 5.95 Å². The van der Waals surface area contributed by atoms with Gasteiger partial charge in [-0.25, -0.2) is 4.98 Å². The molecule has 0 unspecified atom stereocenters. The van der Waals surface area contributed by atoms with Crippen LogP contribution in [0.1, 0.15) is 36.4 Å². The van der Waals surface area contributed by atoms with Crippen LogP contribution in [-0.4, -0.2) is 52.2 Å². The highest BCUT2D eigenvalue weighted by Gasteiger charge is 2.23. The minimum atomic E-state index is 0.183. The minimum absolute atomic E-state index is 0.183. The van der Waals surface area contributed by atoms with Gasteiger partial charge in [0.05, 0.1) is 17.8 Å². The molecule has 0 radical (unpaired) electrons. The quantitative estimate of drug-likeness (QED) is 0.825. The minimum Gasteiger partial charge on any atom is -0.339 e. The number of hydrogen-bond acceptors (Lipinski definition) is 5. The van der Waals surface area contributed by atoms with Crippen molar-refractivity contribution in [1.29, 1.82) is 0 Å². The number of nitrogens with zero attached hydrogens (tertiary/aromatic N) is 5. The molecule has 1 aliphatic rings. The number of carbonyl (C=O) groups excluding carboxylic acids is 1. The predicted molar refractivity (Wildman–Crippen MR) is 102 cm³/mol. The number of piperazine rings is 1. The third-order valence-electron chi connectivity index (χ3n) is 4.89. The molecule has 0 atom stereocenters. The number of anilines is 1. The molecule has 1 fully saturated rings. The average molecular weight is 353 g/mol. The van der Waals surface area contributed by atoms with E-state index in [1.54, 1.807) is 0 Å². The van der Waals surface area contributed by atoms with E-state index < -0.39 is 0 Å². The molecule has 6 heteroatoms. The smallest absolute Gasteiger partial charge is 0.245 e. The van der Waals surface area contributed by atoms with Crippen LogP contribution in [0.2, 0.25) is 0 Å². The van der Waals surface area contributed by atoms with Crippen molar-refractivity contribution in [2.75, 3.05) is 31.1 Å². The number of rotatable bonds is 5. The van der Waals surface area contributed by atoms with E-state index in [0.29, 0.717) is 25.5 Å². The van der Waals surface area contributed by atoms with Gasteiger partial charge in [0.1, 0.15) is 0 Å². The van der Waals surface area contributed by atoms with Gasteiger partial charge in [0, 0.05) is 26.2 Å². The first-order valence-electron chi connectivity index (χ1n) is 9.41. The number of hydrogen-bond donors (Lipinski definition) is 0. The zero-order valence-corrected chi connectivity index (χ0v) is 15.9. The lowest BCUT2D eigenvalue weighted by Crippen LogP contribution is -2.49. The van der Waals surface area contributed by atoms with Crippen LogP contribution >= 0.6 is 0 Å². The van der Waals surface area contributed by atoms with Crippen LogP contribution in [-0.2, 0) is 24.1 Å². The summed E-state index contributed by atoms with van der Waals surface area (Å²) in [7, 11) is 0. The lowest BCUT2D eigenvalue weighted by molar-refractivity contribution is -0.130. The van der Waals surface area contributed by atoms with Gasteiger partial charge in [0.25, 0.3) is 0 Å². The van der Waals surface area contributed by atoms with Gasteiger partial charge < -0.3 is 9.80 Å². The van der Waals surface area contributed by atoms with E-state index in [1.165, 1.54) is 5.56 Å². The molecule has 1 saturated heterocycles. The first kappa shape index (κ1) is 18.3. The Morgan fingerprint density at radius 3 is 2.23 bits per heavy atom. The monoisotopic (exact) mass is 353 g/mol. The molecule has 1 aromatic carbocycles. The molecule has 0 N–H and O–H groups in total. The Morgan fingerprint density at radius 2 is 1.62 bits per heavy atom. The highest BCUT2D eigenvalue weighted by atomic mass is 16.2. The van der Waals surface area contributed by atoms with Gasteiger partial charge >= 0.3 is 0 Å². The SMILES string of the molecule is CCc1nnc(N2CCN(C(=O)Cc3ccc(C)cc3)CC2)nc1CC. The molecule has 2 aromatic rings. The molecule has 1 aliphatic heterocycles. The van der Waals surface area contributed by atoms with Crippen molar-refractivity contribution in [1.82, 2.24) is 20.1 Å². The van der Waals surface area contributed by atoms with Crippen LogP contribution in [0.5, 0.6) is 0 Å². The highest BCUT2D eigenvalue weighted by Crippen LogP contribution is 2.14. The molecule has 2 heterocycles. The lowest BCUT2D eigenvalue weighted by Gasteiger charge is -2.34. The van der Waals surface area contributed by atoms with E-state index in [0.717, 1.165) is 42.9 Å². The molecule has 1 aromatic heterocycles. The predicted octanol–water partition coefficient (Wildman–Crippen LogP) is 2.20. The van der Waals surface area contributed by atoms with Gasteiger partial charge in [-0.15, -0.1) is 5.10 Å². The van der Waals surface area contributed by atoms with Crippen molar-refractivity contribution >= 4 is 11.9 Å². The molecule has 138 valence electrons. The topological polar surface area (TPSA) is 62.2 Å². The normalized spacial score (nSPS) is 14.6.